The second-order valence-corrected chi connectivity index (χ2v) is 7.12. The zero-order valence-electron chi connectivity index (χ0n) is 15.9. The maximum absolute atomic E-state index is 12.9. The second kappa shape index (κ2) is 8.53. The monoisotopic (exact) mass is 388 g/mol. The number of amides is 2. The van der Waals surface area contributed by atoms with Gasteiger partial charge in [-0.1, -0.05) is 23.7 Å². The lowest BCUT2D eigenvalue weighted by Gasteiger charge is -2.28. The maximum atomic E-state index is 12.9. The van der Waals surface area contributed by atoms with Crippen molar-refractivity contribution in [1.82, 2.24) is 10.2 Å². The predicted molar refractivity (Wildman–Crippen MR) is 107 cm³/mol. The molecule has 0 aromatic heterocycles. The van der Waals surface area contributed by atoms with E-state index in [4.69, 9.17) is 21.1 Å². The number of halogens is 1. The van der Waals surface area contributed by atoms with Crippen molar-refractivity contribution in [2.24, 2.45) is 0 Å². The van der Waals surface area contributed by atoms with E-state index in [9.17, 15) is 4.79 Å². The number of ether oxygens (including phenoxy) is 2. The van der Waals surface area contributed by atoms with Crippen LogP contribution in [0.3, 0.4) is 0 Å². The Bertz CT molecular complexity index is 812. The summed E-state index contributed by atoms with van der Waals surface area (Å²) in [6.45, 7) is 2.68. The minimum atomic E-state index is -0.129. The molecule has 144 valence electrons. The maximum Gasteiger partial charge on any atom is 0.318 e. The average Bonchev–Trinajstić information content (AvgIpc) is 3.17. The third-order valence-electron chi connectivity index (χ3n) is 5.00. The molecule has 2 aromatic rings. The van der Waals surface area contributed by atoms with Gasteiger partial charge in [-0.15, -0.1) is 0 Å². The van der Waals surface area contributed by atoms with Gasteiger partial charge < -0.3 is 19.7 Å². The third-order valence-corrected chi connectivity index (χ3v) is 5.24. The zero-order chi connectivity index (χ0) is 19.4. The Morgan fingerprint density at radius 1 is 1.22 bits per heavy atom. The molecule has 0 aliphatic carbocycles. The normalized spacial score (nSPS) is 17.5. The molecular weight excluding hydrogens is 364 g/mol. The van der Waals surface area contributed by atoms with Gasteiger partial charge >= 0.3 is 6.03 Å². The first-order valence-electron chi connectivity index (χ1n) is 9.08. The van der Waals surface area contributed by atoms with Crippen molar-refractivity contribution in [3.63, 3.8) is 0 Å². The number of carbonyl (C=O) groups excluding carboxylic acids is 1. The van der Waals surface area contributed by atoms with Gasteiger partial charge in [-0.05, 0) is 49.6 Å². The van der Waals surface area contributed by atoms with Crippen molar-refractivity contribution in [1.29, 1.82) is 0 Å². The number of hydrogen-bond donors (Lipinski definition) is 1. The average molecular weight is 389 g/mol. The largest absolute Gasteiger partial charge is 0.497 e. The molecule has 2 amide bonds. The van der Waals surface area contributed by atoms with Crippen LogP contribution in [0.1, 0.15) is 43.0 Å². The van der Waals surface area contributed by atoms with Gasteiger partial charge in [0.2, 0.25) is 0 Å². The number of benzene rings is 2. The van der Waals surface area contributed by atoms with Crippen LogP contribution in [-0.4, -0.2) is 31.7 Å². The van der Waals surface area contributed by atoms with Gasteiger partial charge in [0.05, 0.1) is 26.3 Å². The van der Waals surface area contributed by atoms with Crippen molar-refractivity contribution in [2.75, 3.05) is 20.8 Å². The van der Waals surface area contributed by atoms with Gasteiger partial charge in [-0.25, -0.2) is 4.79 Å². The standard InChI is InChI=1S/C21H25ClN2O3/c1-14(15-6-4-7-16(22)12-15)23-21(25)24-11-5-8-19(24)18-10-9-17(26-2)13-20(18)27-3/h4,6-7,9-10,12-14,19H,5,8,11H2,1-3H3,(H,23,25). The van der Waals surface area contributed by atoms with Crippen LogP contribution in [0.25, 0.3) is 0 Å². The van der Waals surface area contributed by atoms with E-state index in [-0.39, 0.29) is 18.1 Å². The Hall–Kier alpha value is -2.40. The second-order valence-electron chi connectivity index (χ2n) is 6.69. The van der Waals surface area contributed by atoms with E-state index in [1.54, 1.807) is 14.2 Å². The van der Waals surface area contributed by atoms with E-state index in [0.29, 0.717) is 11.6 Å². The van der Waals surface area contributed by atoms with Crippen LogP contribution in [0.15, 0.2) is 42.5 Å². The first-order valence-corrected chi connectivity index (χ1v) is 9.45. The zero-order valence-corrected chi connectivity index (χ0v) is 16.6. The van der Waals surface area contributed by atoms with E-state index < -0.39 is 0 Å². The topological polar surface area (TPSA) is 50.8 Å². The minimum absolute atomic E-state index is 0.0163. The van der Waals surface area contributed by atoms with Gasteiger partial charge in [-0.3, -0.25) is 0 Å². The van der Waals surface area contributed by atoms with E-state index in [0.717, 1.165) is 35.5 Å². The molecular formula is C21H25ClN2O3. The summed E-state index contributed by atoms with van der Waals surface area (Å²) in [5, 5.41) is 3.75. The minimum Gasteiger partial charge on any atom is -0.497 e. The van der Waals surface area contributed by atoms with Crippen molar-refractivity contribution < 1.29 is 14.3 Å². The van der Waals surface area contributed by atoms with Crippen LogP contribution in [-0.2, 0) is 0 Å². The molecule has 1 heterocycles. The lowest BCUT2D eigenvalue weighted by molar-refractivity contribution is 0.189. The van der Waals surface area contributed by atoms with E-state index in [1.165, 1.54) is 0 Å². The van der Waals surface area contributed by atoms with Crippen LogP contribution in [0.2, 0.25) is 5.02 Å². The van der Waals surface area contributed by atoms with E-state index in [1.807, 2.05) is 54.3 Å². The van der Waals surface area contributed by atoms with Crippen molar-refractivity contribution in [3.8, 4) is 11.5 Å². The molecule has 0 bridgehead atoms. The Balaban J connectivity index is 1.77. The Morgan fingerprint density at radius 2 is 2.04 bits per heavy atom. The number of rotatable bonds is 5. The molecule has 6 heteroatoms. The quantitative estimate of drug-likeness (QED) is 0.787. The van der Waals surface area contributed by atoms with E-state index >= 15 is 0 Å². The number of nitrogens with zero attached hydrogens (tertiary/aromatic N) is 1. The highest BCUT2D eigenvalue weighted by molar-refractivity contribution is 6.30. The molecule has 3 rings (SSSR count). The summed E-state index contributed by atoms with van der Waals surface area (Å²) >= 11 is 6.07. The van der Waals surface area contributed by atoms with Gasteiger partial charge in [0, 0.05) is 23.2 Å². The van der Waals surface area contributed by atoms with Crippen LogP contribution in [0.5, 0.6) is 11.5 Å². The molecule has 27 heavy (non-hydrogen) atoms. The summed E-state index contributed by atoms with van der Waals surface area (Å²) in [5.74, 6) is 1.47. The van der Waals surface area contributed by atoms with Gasteiger partial charge in [0.25, 0.3) is 0 Å². The van der Waals surface area contributed by atoms with Crippen molar-refractivity contribution in [2.45, 2.75) is 31.8 Å². The molecule has 0 spiro atoms. The Kier molecular flexibility index (Phi) is 6.11. The number of carbonyl (C=O) groups is 1. The fourth-order valence-electron chi connectivity index (χ4n) is 3.55. The van der Waals surface area contributed by atoms with Crippen LogP contribution in [0, 0.1) is 0 Å². The highest BCUT2D eigenvalue weighted by atomic mass is 35.5. The fraction of sp³-hybridized carbons (Fsp3) is 0.381. The highest BCUT2D eigenvalue weighted by Gasteiger charge is 2.32. The SMILES string of the molecule is COc1ccc(C2CCCN2C(=O)NC(C)c2cccc(Cl)c2)c(OC)c1. The summed E-state index contributed by atoms with van der Waals surface area (Å²) in [6.07, 6.45) is 1.86. The molecule has 2 atom stereocenters. The van der Waals surface area contributed by atoms with Crippen molar-refractivity contribution >= 4 is 17.6 Å². The smallest absolute Gasteiger partial charge is 0.318 e. The molecule has 1 fully saturated rings. The number of likely N-dealkylation sites (tertiary alicyclic amines) is 1. The summed E-state index contributed by atoms with van der Waals surface area (Å²) in [4.78, 5) is 14.8. The van der Waals surface area contributed by atoms with Crippen molar-refractivity contribution in [3.05, 3.63) is 58.6 Å². The van der Waals surface area contributed by atoms with Gasteiger partial charge in [0.1, 0.15) is 11.5 Å². The fourth-order valence-corrected chi connectivity index (χ4v) is 3.75. The Morgan fingerprint density at radius 3 is 2.74 bits per heavy atom. The third kappa shape index (κ3) is 4.30. The summed E-state index contributed by atoms with van der Waals surface area (Å²) in [5.41, 5.74) is 1.98. The number of nitrogens with one attached hydrogen (secondary N) is 1. The number of methoxy groups -OCH3 is 2. The molecule has 1 aliphatic heterocycles. The van der Waals surface area contributed by atoms with Crippen LogP contribution < -0.4 is 14.8 Å². The number of urea groups is 1. The number of hydrogen-bond acceptors (Lipinski definition) is 3. The van der Waals surface area contributed by atoms with Gasteiger partial charge in [-0.2, -0.15) is 0 Å². The Labute approximate surface area is 165 Å². The lowest BCUT2D eigenvalue weighted by Crippen LogP contribution is -2.40. The van der Waals surface area contributed by atoms with E-state index in [2.05, 4.69) is 5.32 Å². The molecule has 1 N–H and O–H groups in total. The first-order chi connectivity index (χ1) is 13.0. The van der Waals surface area contributed by atoms with Crippen LogP contribution >= 0.6 is 11.6 Å². The molecule has 2 unspecified atom stereocenters. The van der Waals surface area contributed by atoms with Gasteiger partial charge in [0.15, 0.2) is 0 Å². The lowest BCUT2D eigenvalue weighted by atomic mass is 10.0. The molecule has 1 aliphatic rings. The van der Waals surface area contributed by atoms with Crippen LogP contribution in [0.4, 0.5) is 4.79 Å². The summed E-state index contributed by atoms with van der Waals surface area (Å²) < 4.78 is 10.8. The summed E-state index contributed by atoms with van der Waals surface area (Å²) in [7, 11) is 3.26. The molecule has 1 saturated heterocycles. The molecule has 2 aromatic carbocycles. The first kappa shape index (κ1) is 19.4. The molecule has 5 nitrogen and oxygen atoms in total. The predicted octanol–water partition coefficient (Wildman–Crippen LogP) is 4.96. The highest BCUT2D eigenvalue weighted by Crippen LogP contribution is 2.38. The molecule has 0 saturated carbocycles. The molecule has 0 radical (unpaired) electrons. The summed E-state index contributed by atoms with van der Waals surface area (Å²) in [6, 6.07) is 13.1.